The van der Waals surface area contributed by atoms with Gasteiger partial charge in [0.05, 0.1) is 17.7 Å². The molecule has 3 rings (SSSR count). The zero-order chi connectivity index (χ0) is 20.8. The Labute approximate surface area is 172 Å². The second kappa shape index (κ2) is 9.30. The van der Waals surface area contributed by atoms with Crippen LogP contribution >= 0.6 is 11.6 Å². The number of benzene rings is 3. The molecule has 29 heavy (non-hydrogen) atoms. The van der Waals surface area contributed by atoms with Crippen LogP contribution in [0.15, 0.2) is 60.7 Å². The summed E-state index contributed by atoms with van der Waals surface area (Å²) in [4.78, 5) is 11.3. The molecule has 0 amide bonds. The van der Waals surface area contributed by atoms with E-state index in [2.05, 4.69) is 5.32 Å². The lowest BCUT2D eigenvalue weighted by atomic mass is 10.1. The molecule has 2 N–H and O–H groups in total. The third-order valence-electron chi connectivity index (χ3n) is 4.26. The van der Waals surface area contributed by atoms with Gasteiger partial charge in [-0.15, -0.1) is 0 Å². The normalized spacial score (nSPS) is 10.4. The first kappa shape index (κ1) is 20.5. The standard InChI is InChI=1S/C22H19ClFNO4/c1-28-20-4-2-3-15(21(20)29-13-14-5-7-16(24)8-6-14)12-25-17-9-10-19(23)18(11-17)22(26)27/h2-11,25H,12-13H2,1H3,(H,26,27). The lowest BCUT2D eigenvalue weighted by Gasteiger charge is -2.16. The summed E-state index contributed by atoms with van der Waals surface area (Å²) in [6.07, 6.45) is 0. The maximum Gasteiger partial charge on any atom is 0.337 e. The summed E-state index contributed by atoms with van der Waals surface area (Å²) in [5, 5.41) is 12.6. The van der Waals surface area contributed by atoms with Crippen LogP contribution in [0.25, 0.3) is 0 Å². The number of carboxylic acids is 1. The summed E-state index contributed by atoms with van der Waals surface area (Å²) >= 11 is 5.91. The average molecular weight is 416 g/mol. The van der Waals surface area contributed by atoms with Gasteiger partial charge < -0.3 is 19.9 Å². The van der Waals surface area contributed by atoms with Crippen molar-refractivity contribution in [1.29, 1.82) is 0 Å². The lowest BCUT2D eigenvalue weighted by Crippen LogP contribution is -2.06. The van der Waals surface area contributed by atoms with Gasteiger partial charge in [-0.1, -0.05) is 35.9 Å². The maximum atomic E-state index is 13.1. The van der Waals surface area contributed by atoms with Gasteiger partial charge in [0.25, 0.3) is 0 Å². The van der Waals surface area contributed by atoms with E-state index in [-0.39, 0.29) is 23.0 Å². The number of nitrogens with one attached hydrogen (secondary N) is 1. The third-order valence-corrected chi connectivity index (χ3v) is 4.59. The van der Waals surface area contributed by atoms with E-state index in [4.69, 9.17) is 21.1 Å². The summed E-state index contributed by atoms with van der Waals surface area (Å²) in [5.41, 5.74) is 2.27. The number of anilines is 1. The summed E-state index contributed by atoms with van der Waals surface area (Å²) < 4.78 is 24.4. The van der Waals surface area contributed by atoms with Crippen molar-refractivity contribution in [2.75, 3.05) is 12.4 Å². The van der Waals surface area contributed by atoms with Gasteiger partial charge in [0, 0.05) is 17.8 Å². The van der Waals surface area contributed by atoms with Crippen LogP contribution in [0, 0.1) is 5.82 Å². The molecule has 0 unspecified atom stereocenters. The number of ether oxygens (including phenoxy) is 2. The van der Waals surface area contributed by atoms with Crippen LogP contribution in [-0.4, -0.2) is 18.2 Å². The Kier molecular flexibility index (Phi) is 6.57. The van der Waals surface area contributed by atoms with Gasteiger partial charge in [0.2, 0.25) is 0 Å². The molecule has 0 radical (unpaired) electrons. The predicted octanol–water partition coefficient (Wildman–Crippen LogP) is 5.38. The fourth-order valence-corrected chi connectivity index (χ4v) is 2.96. The molecule has 0 fully saturated rings. The second-order valence-electron chi connectivity index (χ2n) is 6.22. The smallest absolute Gasteiger partial charge is 0.337 e. The molecule has 0 bridgehead atoms. The Hall–Kier alpha value is -3.25. The molecule has 0 saturated heterocycles. The molecule has 150 valence electrons. The van der Waals surface area contributed by atoms with E-state index in [1.165, 1.54) is 24.3 Å². The van der Waals surface area contributed by atoms with Gasteiger partial charge in [0.15, 0.2) is 11.5 Å². The SMILES string of the molecule is COc1cccc(CNc2ccc(Cl)c(C(=O)O)c2)c1OCc1ccc(F)cc1. The highest BCUT2D eigenvalue weighted by molar-refractivity contribution is 6.33. The van der Waals surface area contributed by atoms with Crippen molar-refractivity contribution >= 4 is 23.3 Å². The highest BCUT2D eigenvalue weighted by atomic mass is 35.5. The Morgan fingerprint density at radius 3 is 2.59 bits per heavy atom. The number of hydrogen-bond acceptors (Lipinski definition) is 4. The predicted molar refractivity (Wildman–Crippen MR) is 109 cm³/mol. The van der Waals surface area contributed by atoms with E-state index in [0.717, 1.165) is 11.1 Å². The zero-order valence-electron chi connectivity index (χ0n) is 15.6. The summed E-state index contributed by atoms with van der Waals surface area (Å²) in [5.74, 6) is -0.282. The summed E-state index contributed by atoms with van der Waals surface area (Å²) in [6, 6.07) is 16.3. The Morgan fingerprint density at radius 1 is 1.14 bits per heavy atom. The minimum Gasteiger partial charge on any atom is -0.493 e. The molecule has 0 aliphatic heterocycles. The first-order valence-corrected chi connectivity index (χ1v) is 9.15. The quantitative estimate of drug-likeness (QED) is 0.517. The van der Waals surface area contributed by atoms with Crippen LogP contribution in [0.1, 0.15) is 21.5 Å². The van der Waals surface area contributed by atoms with Gasteiger partial charge in [-0.3, -0.25) is 0 Å². The topological polar surface area (TPSA) is 67.8 Å². The minimum atomic E-state index is -1.09. The number of methoxy groups -OCH3 is 1. The number of para-hydroxylation sites is 1. The fourth-order valence-electron chi connectivity index (χ4n) is 2.76. The molecule has 7 heteroatoms. The van der Waals surface area contributed by atoms with E-state index >= 15 is 0 Å². The summed E-state index contributed by atoms with van der Waals surface area (Å²) in [6.45, 7) is 0.619. The Balaban J connectivity index is 1.77. The van der Waals surface area contributed by atoms with E-state index < -0.39 is 5.97 Å². The molecule has 0 aliphatic carbocycles. The van der Waals surface area contributed by atoms with Crippen molar-refractivity contribution in [2.45, 2.75) is 13.2 Å². The van der Waals surface area contributed by atoms with Gasteiger partial charge in [0.1, 0.15) is 12.4 Å². The average Bonchev–Trinajstić information content (AvgIpc) is 2.72. The lowest BCUT2D eigenvalue weighted by molar-refractivity contribution is 0.0697. The Bertz CT molecular complexity index is 1010. The molecular formula is C22H19ClFNO4. The van der Waals surface area contributed by atoms with E-state index in [1.54, 1.807) is 31.4 Å². The molecule has 0 heterocycles. The molecule has 3 aromatic carbocycles. The van der Waals surface area contributed by atoms with Crippen molar-refractivity contribution < 1.29 is 23.8 Å². The largest absolute Gasteiger partial charge is 0.493 e. The number of carboxylic acid groups (broad SMARTS) is 1. The molecule has 3 aromatic rings. The number of halogens is 2. The van der Waals surface area contributed by atoms with Crippen LogP contribution in [0.3, 0.4) is 0 Å². The van der Waals surface area contributed by atoms with Crippen molar-refractivity contribution in [3.05, 3.63) is 88.2 Å². The van der Waals surface area contributed by atoms with Gasteiger partial charge in [-0.2, -0.15) is 0 Å². The zero-order valence-corrected chi connectivity index (χ0v) is 16.4. The molecule has 0 atom stereocenters. The maximum absolute atomic E-state index is 13.1. The molecule has 0 saturated carbocycles. The minimum absolute atomic E-state index is 0.0232. The number of aromatic carboxylic acids is 1. The van der Waals surface area contributed by atoms with E-state index in [0.29, 0.717) is 23.7 Å². The van der Waals surface area contributed by atoms with Crippen molar-refractivity contribution in [1.82, 2.24) is 0 Å². The highest BCUT2D eigenvalue weighted by Gasteiger charge is 2.13. The number of rotatable bonds is 8. The number of carbonyl (C=O) groups is 1. The highest BCUT2D eigenvalue weighted by Crippen LogP contribution is 2.32. The van der Waals surface area contributed by atoms with E-state index in [1.807, 2.05) is 12.1 Å². The van der Waals surface area contributed by atoms with Crippen LogP contribution in [-0.2, 0) is 13.2 Å². The summed E-state index contributed by atoms with van der Waals surface area (Å²) in [7, 11) is 1.55. The molecule has 0 spiro atoms. The van der Waals surface area contributed by atoms with Gasteiger partial charge in [-0.25, -0.2) is 9.18 Å². The molecular weight excluding hydrogens is 397 g/mol. The number of hydrogen-bond donors (Lipinski definition) is 2. The van der Waals surface area contributed by atoms with Crippen molar-refractivity contribution in [2.24, 2.45) is 0 Å². The van der Waals surface area contributed by atoms with Crippen molar-refractivity contribution in [3.8, 4) is 11.5 Å². The van der Waals surface area contributed by atoms with Gasteiger partial charge >= 0.3 is 5.97 Å². The van der Waals surface area contributed by atoms with Crippen LogP contribution in [0.2, 0.25) is 5.02 Å². The van der Waals surface area contributed by atoms with Gasteiger partial charge in [-0.05, 0) is 42.0 Å². The first-order valence-electron chi connectivity index (χ1n) is 8.77. The Morgan fingerprint density at radius 2 is 1.90 bits per heavy atom. The first-order chi connectivity index (χ1) is 14.0. The molecule has 5 nitrogen and oxygen atoms in total. The third kappa shape index (κ3) is 5.18. The van der Waals surface area contributed by atoms with Crippen LogP contribution in [0.4, 0.5) is 10.1 Å². The fraction of sp³-hybridized carbons (Fsp3) is 0.136. The van der Waals surface area contributed by atoms with Crippen molar-refractivity contribution in [3.63, 3.8) is 0 Å². The van der Waals surface area contributed by atoms with E-state index in [9.17, 15) is 14.3 Å². The monoisotopic (exact) mass is 415 g/mol. The molecule has 0 aliphatic rings. The van der Waals surface area contributed by atoms with Crippen LogP contribution in [0.5, 0.6) is 11.5 Å². The second-order valence-corrected chi connectivity index (χ2v) is 6.62. The van der Waals surface area contributed by atoms with Crippen LogP contribution < -0.4 is 14.8 Å². The molecule has 0 aromatic heterocycles.